The first kappa shape index (κ1) is 12.0. The minimum Gasteiger partial charge on any atom is -0.397 e. The van der Waals surface area contributed by atoms with E-state index in [1.807, 2.05) is 0 Å². The van der Waals surface area contributed by atoms with Crippen molar-refractivity contribution in [1.82, 2.24) is 0 Å². The van der Waals surface area contributed by atoms with Crippen LogP contribution >= 0.6 is 0 Å². The molecule has 0 atom stereocenters. The van der Waals surface area contributed by atoms with Gasteiger partial charge in [-0.2, -0.15) is 0 Å². The summed E-state index contributed by atoms with van der Waals surface area (Å²) in [6.45, 7) is 4.23. The number of aliphatic hydroxyl groups is 1. The zero-order chi connectivity index (χ0) is 9.23. The summed E-state index contributed by atoms with van der Waals surface area (Å²) in [4.78, 5) is 0. The fourth-order valence-corrected chi connectivity index (χ4v) is 1.88. The maximum Gasteiger partial charge on any atom is 0.0402 e. The normalized spacial score (nSPS) is 18.2. The van der Waals surface area contributed by atoms with Crippen LogP contribution in [-0.2, 0) is 0 Å². The molecule has 1 fully saturated rings. The van der Waals surface area contributed by atoms with Crippen molar-refractivity contribution in [2.24, 2.45) is 5.92 Å². The summed E-state index contributed by atoms with van der Waals surface area (Å²) in [6.07, 6.45) is 10.4. The molecule has 1 aliphatic carbocycles. The molecule has 0 aliphatic heterocycles. The molecule has 0 saturated heterocycles. The molecule has 0 aromatic carbocycles. The second-order valence-corrected chi connectivity index (χ2v) is 3.61. The van der Waals surface area contributed by atoms with Crippen molar-refractivity contribution in [2.75, 3.05) is 6.61 Å². The summed E-state index contributed by atoms with van der Waals surface area (Å²) in [7, 11) is 0. The third kappa shape index (κ3) is 6.66. The Morgan fingerprint density at radius 2 is 1.58 bits per heavy atom. The molecule has 1 nitrogen and oxygen atoms in total. The van der Waals surface area contributed by atoms with Crippen LogP contribution in [0.4, 0.5) is 0 Å². The summed E-state index contributed by atoms with van der Waals surface area (Å²) in [5.41, 5.74) is 0. The molecule has 12 heavy (non-hydrogen) atoms. The molecule has 1 saturated carbocycles. The standard InChI is InChI=1S/C9H18.C2H6O/c1-2-6-9-7-4-3-5-8-9;1-2-3/h9H,2-8H2,1H3;3H,2H2,1H3. The van der Waals surface area contributed by atoms with Crippen LogP contribution < -0.4 is 0 Å². The van der Waals surface area contributed by atoms with Gasteiger partial charge in [0.2, 0.25) is 0 Å². The quantitative estimate of drug-likeness (QED) is 0.677. The molecule has 1 aliphatic rings. The number of rotatable bonds is 2. The van der Waals surface area contributed by atoms with Gasteiger partial charge in [0.05, 0.1) is 0 Å². The Labute approximate surface area is 77.2 Å². The molecule has 1 N–H and O–H groups in total. The third-order valence-electron chi connectivity index (χ3n) is 2.42. The average molecular weight is 172 g/mol. The van der Waals surface area contributed by atoms with Crippen LogP contribution in [0.25, 0.3) is 0 Å². The first-order chi connectivity index (χ1) is 5.85. The van der Waals surface area contributed by atoms with Crippen molar-refractivity contribution in [3.63, 3.8) is 0 Å². The zero-order valence-electron chi connectivity index (χ0n) is 8.68. The predicted octanol–water partition coefficient (Wildman–Crippen LogP) is 3.37. The highest BCUT2D eigenvalue weighted by Crippen LogP contribution is 2.26. The highest BCUT2D eigenvalue weighted by Gasteiger charge is 2.10. The predicted molar refractivity (Wildman–Crippen MR) is 54.2 cm³/mol. The maximum absolute atomic E-state index is 7.57. The van der Waals surface area contributed by atoms with E-state index in [0.29, 0.717) is 0 Å². The van der Waals surface area contributed by atoms with Gasteiger partial charge in [-0.25, -0.2) is 0 Å². The Kier molecular flexibility index (Phi) is 9.02. The Morgan fingerprint density at radius 1 is 1.08 bits per heavy atom. The van der Waals surface area contributed by atoms with Gasteiger partial charge < -0.3 is 5.11 Å². The smallest absolute Gasteiger partial charge is 0.0402 e. The number of aliphatic hydroxyl groups excluding tert-OH is 1. The van der Waals surface area contributed by atoms with Crippen LogP contribution in [0.15, 0.2) is 0 Å². The molecule has 0 aromatic rings. The molecular formula is C11H24O. The molecule has 74 valence electrons. The van der Waals surface area contributed by atoms with Crippen molar-refractivity contribution in [3.8, 4) is 0 Å². The highest BCUT2D eigenvalue weighted by atomic mass is 16.2. The van der Waals surface area contributed by atoms with Crippen molar-refractivity contribution < 1.29 is 5.11 Å². The summed E-state index contributed by atoms with van der Waals surface area (Å²) in [6, 6.07) is 0. The van der Waals surface area contributed by atoms with E-state index in [2.05, 4.69) is 6.92 Å². The SMILES string of the molecule is CCCC1CCCCC1.CCO. The van der Waals surface area contributed by atoms with E-state index in [0.717, 1.165) is 5.92 Å². The molecule has 0 amide bonds. The summed E-state index contributed by atoms with van der Waals surface area (Å²) in [5, 5.41) is 7.57. The molecule has 0 radical (unpaired) electrons. The third-order valence-corrected chi connectivity index (χ3v) is 2.42. The Morgan fingerprint density at radius 3 is 2.00 bits per heavy atom. The van der Waals surface area contributed by atoms with Gasteiger partial charge >= 0.3 is 0 Å². The lowest BCUT2D eigenvalue weighted by Crippen LogP contribution is -2.04. The average Bonchev–Trinajstić information content (AvgIpc) is 2.08. The summed E-state index contributed by atoms with van der Waals surface area (Å²) >= 11 is 0. The first-order valence-electron chi connectivity index (χ1n) is 5.46. The monoisotopic (exact) mass is 172 g/mol. The van der Waals surface area contributed by atoms with E-state index in [9.17, 15) is 0 Å². The van der Waals surface area contributed by atoms with Crippen LogP contribution in [0, 0.1) is 5.92 Å². The maximum atomic E-state index is 7.57. The van der Waals surface area contributed by atoms with Gasteiger partial charge in [0.15, 0.2) is 0 Å². The summed E-state index contributed by atoms with van der Waals surface area (Å²) in [5.74, 6) is 1.10. The molecule has 1 heteroatoms. The van der Waals surface area contributed by atoms with Crippen LogP contribution in [0.5, 0.6) is 0 Å². The lowest BCUT2D eigenvalue weighted by atomic mass is 9.86. The molecule has 0 bridgehead atoms. The fourth-order valence-electron chi connectivity index (χ4n) is 1.88. The molecule has 1 rings (SSSR count). The van der Waals surface area contributed by atoms with Crippen molar-refractivity contribution in [1.29, 1.82) is 0 Å². The lowest BCUT2D eigenvalue weighted by Gasteiger charge is -2.20. The minimum absolute atomic E-state index is 0.250. The second kappa shape index (κ2) is 9.05. The van der Waals surface area contributed by atoms with Gasteiger partial charge in [-0.1, -0.05) is 51.9 Å². The van der Waals surface area contributed by atoms with Gasteiger partial charge in [0.1, 0.15) is 0 Å². The number of hydrogen-bond acceptors (Lipinski definition) is 1. The highest BCUT2D eigenvalue weighted by molar-refractivity contribution is 4.64. The van der Waals surface area contributed by atoms with Crippen LogP contribution in [-0.4, -0.2) is 11.7 Å². The topological polar surface area (TPSA) is 20.2 Å². The van der Waals surface area contributed by atoms with E-state index in [4.69, 9.17) is 5.11 Å². The van der Waals surface area contributed by atoms with E-state index in [1.54, 1.807) is 6.92 Å². The van der Waals surface area contributed by atoms with E-state index in [1.165, 1.54) is 44.9 Å². The van der Waals surface area contributed by atoms with Crippen LogP contribution in [0.1, 0.15) is 58.8 Å². The summed E-state index contributed by atoms with van der Waals surface area (Å²) < 4.78 is 0. The largest absolute Gasteiger partial charge is 0.397 e. The Hall–Kier alpha value is -0.0400. The van der Waals surface area contributed by atoms with E-state index in [-0.39, 0.29) is 6.61 Å². The Bertz CT molecular complexity index is 72.3. The van der Waals surface area contributed by atoms with Crippen molar-refractivity contribution in [2.45, 2.75) is 58.8 Å². The van der Waals surface area contributed by atoms with Crippen LogP contribution in [0.3, 0.4) is 0 Å². The lowest BCUT2D eigenvalue weighted by molar-refractivity contribution is 0.318. The van der Waals surface area contributed by atoms with Gasteiger partial charge in [-0.05, 0) is 12.8 Å². The minimum atomic E-state index is 0.250. The number of hydrogen-bond donors (Lipinski definition) is 1. The first-order valence-corrected chi connectivity index (χ1v) is 5.46. The van der Waals surface area contributed by atoms with Gasteiger partial charge in [0.25, 0.3) is 0 Å². The van der Waals surface area contributed by atoms with Gasteiger partial charge in [-0.15, -0.1) is 0 Å². The van der Waals surface area contributed by atoms with Crippen LogP contribution in [0.2, 0.25) is 0 Å². The van der Waals surface area contributed by atoms with Gasteiger partial charge in [-0.3, -0.25) is 0 Å². The van der Waals surface area contributed by atoms with Crippen molar-refractivity contribution >= 4 is 0 Å². The van der Waals surface area contributed by atoms with Crippen molar-refractivity contribution in [3.05, 3.63) is 0 Å². The second-order valence-electron chi connectivity index (χ2n) is 3.61. The molecule has 0 aromatic heterocycles. The molecule has 0 heterocycles. The van der Waals surface area contributed by atoms with Gasteiger partial charge in [0, 0.05) is 6.61 Å². The molecule has 0 spiro atoms. The Balaban J connectivity index is 0.000000354. The van der Waals surface area contributed by atoms with E-state index < -0.39 is 0 Å². The van der Waals surface area contributed by atoms with E-state index >= 15 is 0 Å². The fraction of sp³-hybridized carbons (Fsp3) is 1.00. The molecule has 0 unspecified atom stereocenters. The molecular weight excluding hydrogens is 148 g/mol. The zero-order valence-corrected chi connectivity index (χ0v) is 8.68.